The maximum Gasteiger partial charge on any atom is 0.263 e. The van der Waals surface area contributed by atoms with Gasteiger partial charge in [0.25, 0.3) is 21.8 Å². The van der Waals surface area contributed by atoms with Crippen LogP contribution in [-0.4, -0.2) is 56.4 Å². The average molecular weight is 473 g/mol. The zero-order valence-corrected chi connectivity index (χ0v) is 18.5. The molecule has 1 saturated heterocycles. The van der Waals surface area contributed by atoms with E-state index in [1.165, 1.54) is 41.8 Å². The molecule has 0 unspecified atom stereocenters. The van der Waals surface area contributed by atoms with E-state index in [-0.39, 0.29) is 21.5 Å². The number of nitrogens with one attached hydrogen (secondary N) is 2. The Labute approximate surface area is 189 Å². The lowest BCUT2D eigenvalue weighted by Crippen LogP contribution is -2.41. The molecule has 1 aromatic heterocycles. The van der Waals surface area contributed by atoms with Gasteiger partial charge in [-0.05, 0) is 36.4 Å². The average Bonchev–Trinajstić information content (AvgIpc) is 3.32. The quantitative estimate of drug-likeness (QED) is 0.570. The number of sulfonamides is 1. The van der Waals surface area contributed by atoms with Gasteiger partial charge in [-0.1, -0.05) is 12.1 Å². The second kappa shape index (κ2) is 9.47. The minimum absolute atomic E-state index is 0.0357. The SMILES string of the molecule is O=C(Nc1ccc(S(=O)(=O)Nc2nccs2)cc1)c1ccccc1C(=O)N1CCOCC1. The molecule has 11 heteroatoms. The molecular formula is C21H20N4O5S2. The number of thiazole rings is 1. The lowest BCUT2D eigenvalue weighted by Gasteiger charge is -2.27. The molecule has 2 aromatic carbocycles. The molecule has 0 bridgehead atoms. The summed E-state index contributed by atoms with van der Waals surface area (Å²) in [6.45, 7) is 1.87. The van der Waals surface area contributed by atoms with Crippen LogP contribution in [-0.2, 0) is 14.8 Å². The highest BCUT2D eigenvalue weighted by atomic mass is 32.2. The van der Waals surface area contributed by atoms with Crippen molar-refractivity contribution in [3.63, 3.8) is 0 Å². The van der Waals surface area contributed by atoms with Crippen molar-refractivity contribution in [3.05, 3.63) is 71.2 Å². The Morgan fingerprint density at radius 3 is 2.34 bits per heavy atom. The lowest BCUT2D eigenvalue weighted by molar-refractivity contribution is 0.0302. The summed E-state index contributed by atoms with van der Waals surface area (Å²) >= 11 is 1.17. The fraction of sp³-hybridized carbons (Fsp3) is 0.190. The van der Waals surface area contributed by atoms with Gasteiger partial charge in [-0.2, -0.15) is 0 Å². The van der Waals surface area contributed by atoms with E-state index in [0.717, 1.165) is 0 Å². The number of nitrogens with zero attached hydrogens (tertiary/aromatic N) is 2. The normalized spacial score (nSPS) is 14.1. The van der Waals surface area contributed by atoms with Crippen molar-refractivity contribution in [2.75, 3.05) is 36.3 Å². The highest BCUT2D eigenvalue weighted by molar-refractivity contribution is 7.93. The van der Waals surface area contributed by atoms with Gasteiger partial charge in [0.1, 0.15) is 0 Å². The lowest BCUT2D eigenvalue weighted by atomic mass is 10.0. The monoisotopic (exact) mass is 472 g/mol. The van der Waals surface area contributed by atoms with Gasteiger partial charge in [0.05, 0.1) is 29.2 Å². The molecule has 0 saturated carbocycles. The van der Waals surface area contributed by atoms with E-state index in [0.29, 0.717) is 37.6 Å². The molecule has 32 heavy (non-hydrogen) atoms. The van der Waals surface area contributed by atoms with Gasteiger partial charge in [-0.3, -0.25) is 14.3 Å². The van der Waals surface area contributed by atoms with Crippen molar-refractivity contribution < 1.29 is 22.7 Å². The summed E-state index contributed by atoms with van der Waals surface area (Å²) in [6, 6.07) is 12.3. The first-order valence-electron chi connectivity index (χ1n) is 9.74. The van der Waals surface area contributed by atoms with Crippen molar-refractivity contribution >= 4 is 44.0 Å². The molecule has 0 radical (unpaired) electrons. The third kappa shape index (κ3) is 4.96. The fourth-order valence-electron chi connectivity index (χ4n) is 3.17. The van der Waals surface area contributed by atoms with E-state index in [1.807, 2.05) is 0 Å². The third-order valence-corrected chi connectivity index (χ3v) is 6.95. The van der Waals surface area contributed by atoms with Crippen LogP contribution in [0.25, 0.3) is 0 Å². The number of carbonyl (C=O) groups excluding carboxylic acids is 2. The third-order valence-electron chi connectivity index (χ3n) is 4.78. The number of benzene rings is 2. The van der Waals surface area contributed by atoms with Crippen molar-refractivity contribution in [3.8, 4) is 0 Å². The first kappa shape index (κ1) is 21.9. The van der Waals surface area contributed by atoms with Gasteiger partial charge in [-0.15, -0.1) is 11.3 Å². The molecule has 2 N–H and O–H groups in total. The standard InChI is InChI=1S/C21H20N4O5S2/c26-19(17-3-1-2-4-18(17)20(27)25-10-12-30-13-11-25)23-15-5-7-16(8-6-15)32(28,29)24-21-22-9-14-31-21/h1-9,14H,10-13H2,(H,22,24)(H,23,26). The van der Waals surface area contributed by atoms with Gasteiger partial charge < -0.3 is 15.0 Å². The number of hydrogen-bond acceptors (Lipinski definition) is 7. The molecule has 2 amide bonds. The van der Waals surface area contributed by atoms with E-state index < -0.39 is 15.9 Å². The molecule has 3 aromatic rings. The number of rotatable bonds is 6. The Morgan fingerprint density at radius 2 is 1.69 bits per heavy atom. The van der Waals surface area contributed by atoms with Crippen molar-refractivity contribution in [1.29, 1.82) is 0 Å². The van der Waals surface area contributed by atoms with Gasteiger partial charge in [0.2, 0.25) is 0 Å². The summed E-state index contributed by atoms with van der Waals surface area (Å²) in [5.41, 5.74) is 0.946. The first-order chi connectivity index (χ1) is 15.4. The Morgan fingerprint density at radius 1 is 1.00 bits per heavy atom. The van der Waals surface area contributed by atoms with Crippen LogP contribution in [0, 0.1) is 0 Å². The van der Waals surface area contributed by atoms with Crippen LogP contribution in [0.5, 0.6) is 0 Å². The number of carbonyl (C=O) groups is 2. The fourth-order valence-corrected chi connectivity index (χ4v) is 4.96. The predicted octanol–water partition coefficient (Wildman–Crippen LogP) is 2.67. The number of aromatic nitrogens is 1. The van der Waals surface area contributed by atoms with Gasteiger partial charge >= 0.3 is 0 Å². The number of hydrogen-bond donors (Lipinski definition) is 2. The molecule has 1 aliphatic rings. The molecule has 9 nitrogen and oxygen atoms in total. The zero-order valence-electron chi connectivity index (χ0n) is 16.9. The first-order valence-corrected chi connectivity index (χ1v) is 12.1. The molecule has 0 atom stereocenters. The Kier molecular flexibility index (Phi) is 6.49. The summed E-state index contributed by atoms with van der Waals surface area (Å²) in [6.07, 6.45) is 1.50. The van der Waals surface area contributed by atoms with Crippen molar-refractivity contribution in [1.82, 2.24) is 9.88 Å². The second-order valence-electron chi connectivity index (χ2n) is 6.87. The van der Waals surface area contributed by atoms with Crippen molar-refractivity contribution in [2.45, 2.75) is 4.90 Å². The minimum atomic E-state index is -3.79. The van der Waals surface area contributed by atoms with Crippen LogP contribution in [0.15, 0.2) is 65.0 Å². The molecule has 4 rings (SSSR count). The van der Waals surface area contributed by atoms with E-state index in [4.69, 9.17) is 4.74 Å². The maximum absolute atomic E-state index is 12.9. The van der Waals surface area contributed by atoms with Crippen molar-refractivity contribution in [2.24, 2.45) is 0 Å². The Balaban J connectivity index is 1.48. The minimum Gasteiger partial charge on any atom is -0.378 e. The molecule has 0 aliphatic carbocycles. The highest BCUT2D eigenvalue weighted by Gasteiger charge is 2.23. The summed E-state index contributed by atoms with van der Waals surface area (Å²) in [7, 11) is -3.79. The van der Waals surface area contributed by atoms with E-state index in [9.17, 15) is 18.0 Å². The van der Waals surface area contributed by atoms with Gasteiger partial charge in [0.15, 0.2) is 5.13 Å². The zero-order chi connectivity index (χ0) is 22.6. The molecule has 0 spiro atoms. The van der Waals surface area contributed by atoms with Gasteiger partial charge in [-0.25, -0.2) is 13.4 Å². The molecule has 166 valence electrons. The largest absolute Gasteiger partial charge is 0.378 e. The number of morpholine rings is 1. The van der Waals surface area contributed by atoms with Crippen LogP contribution in [0.2, 0.25) is 0 Å². The van der Waals surface area contributed by atoms with Crippen LogP contribution < -0.4 is 10.0 Å². The number of ether oxygens (including phenoxy) is 1. The van der Waals surface area contributed by atoms with Crippen LogP contribution >= 0.6 is 11.3 Å². The molecule has 1 aliphatic heterocycles. The van der Waals surface area contributed by atoms with Gasteiger partial charge in [0, 0.05) is 30.4 Å². The second-order valence-corrected chi connectivity index (χ2v) is 9.45. The summed E-state index contributed by atoms with van der Waals surface area (Å²) in [4.78, 5) is 31.3. The summed E-state index contributed by atoms with van der Waals surface area (Å²) in [5.74, 6) is -0.688. The molecule has 2 heterocycles. The van der Waals surface area contributed by atoms with E-state index >= 15 is 0 Å². The highest BCUT2D eigenvalue weighted by Crippen LogP contribution is 2.21. The number of anilines is 2. The molecular weight excluding hydrogens is 452 g/mol. The van der Waals surface area contributed by atoms with Crippen LogP contribution in [0.3, 0.4) is 0 Å². The molecule has 1 fully saturated rings. The Bertz CT molecular complexity index is 1210. The summed E-state index contributed by atoms with van der Waals surface area (Å²) < 4.78 is 32.6. The smallest absolute Gasteiger partial charge is 0.263 e. The number of amides is 2. The van der Waals surface area contributed by atoms with E-state index in [2.05, 4.69) is 15.0 Å². The van der Waals surface area contributed by atoms with E-state index in [1.54, 1.807) is 34.5 Å². The van der Waals surface area contributed by atoms with Crippen LogP contribution in [0.1, 0.15) is 20.7 Å². The topological polar surface area (TPSA) is 118 Å². The van der Waals surface area contributed by atoms with Crippen LogP contribution in [0.4, 0.5) is 10.8 Å². The maximum atomic E-state index is 12.9. The summed E-state index contributed by atoms with van der Waals surface area (Å²) in [5, 5.41) is 4.65. The Hall–Kier alpha value is -3.28. The predicted molar refractivity (Wildman–Crippen MR) is 120 cm³/mol.